The molecule has 0 aliphatic rings. The molecule has 0 aliphatic heterocycles. The Morgan fingerprint density at radius 1 is 1.59 bits per heavy atom. The van der Waals surface area contributed by atoms with E-state index in [1.54, 1.807) is 18.4 Å². The summed E-state index contributed by atoms with van der Waals surface area (Å²) in [5.74, 6) is 0. The Morgan fingerprint density at radius 3 is 2.88 bits per heavy atom. The summed E-state index contributed by atoms with van der Waals surface area (Å²) in [5, 5.41) is 3.19. The number of hydrogen-bond acceptors (Lipinski definition) is 5. The van der Waals surface area contributed by atoms with E-state index < -0.39 is 0 Å². The summed E-state index contributed by atoms with van der Waals surface area (Å²) in [6.07, 6.45) is 0.739. The van der Waals surface area contributed by atoms with Crippen molar-refractivity contribution in [1.82, 2.24) is 9.88 Å². The van der Waals surface area contributed by atoms with Crippen LogP contribution in [0.3, 0.4) is 0 Å². The van der Waals surface area contributed by atoms with Crippen LogP contribution in [0, 0.1) is 6.92 Å². The fraction of sp³-hybridized carbons (Fsp3) is 0.636. The van der Waals surface area contributed by atoms with E-state index in [2.05, 4.69) is 15.3 Å². The molecule has 0 amide bonds. The van der Waals surface area contributed by atoms with Gasteiger partial charge < -0.3 is 10.5 Å². The average molecular weight is 273 g/mol. The van der Waals surface area contributed by atoms with E-state index in [0.29, 0.717) is 11.6 Å². The predicted octanol–water partition coefficient (Wildman–Crippen LogP) is 1.58. The van der Waals surface area contributed by atoms with Crippen molar-refractivity contribution in [3.05, 3.63) is 16.1 Å². The third kappa shape index (κ3) is 6.07. The molecular formula is C11H19N3OS2. The number of aromatic nitrogens is 1. The van der Waals surface area contributed by atoms with Crippen LogP contribution in [0.15, 0.2) is 5.38 Å². The smallest absolute Gasteiger partial charge is 0.107 e. The van der Waals surface area contributed by atoms with Gasteiger partial charge in [-0.25, -0.2) is 4.98 Å². The number of thiocarbonyl (C=S) groups is 1. The number of ether oxygens (including phenoxy) is 1. The molecule has 0 spiro atoms. The van der Waals surface area contributed by atoms with E-state index in [0.717, 1.165) is 36.8 Å². The normalized spacial score (nSPS) is 11.0. The Bertz CT molecular complexity index is 354. The van der Waals surface area contributed by atoms with Crippen molar-refractivity contribution in [3.63, 3.8) is 0 Å². The van der Waals surface area contributed by atoms with E-state index in [9.17, 15) is 0 Å². The lowest BCUT2D eigenvalue weighted by Crippen LogP contribution is -2.30. The molecule has 0 aromatic carbocycles. The molecule has 1 aromatic rings. The van der Waals surface area contributed by atoms with Gasteiger partial charge in [0.05, 0.1) is 18.1 Å². The number of methoxy groups -OCH3 is 1. The van der Waals surface area contributed by atoms with Gasteiger partial charge in [0.15, 0.2) is 0 Å². The van der Waals surface area contributed by atoms with Crippen molar-refractivity contribution < 1.29 is 4.74 Å². The molecular weight excluding hydrogens is 254 g/mol. The Balaban J connectivity index is 2.47. The number of rotatable bonds is 8. The molecule has 0 saturated carbocycles. The van der Waals surface area contributed by atoms with Gasteiger partial charge in [0, 0.05) is 37.7 Å². The third-order valence-corrected chi connectivity index (χ3v) is 3.47. The van der Waals surface area contributed by atoms with E-state index in [1.807, 2.05) is 6.92 Å². The Morgan fingerprint density at radius 2 is 2.35 bits per heavy atom. The highest BCUT2D eigenvalue weighted by molar-refractivity contribution is 7.80. The van der Waals surface area contributed by atoms with Crippen LogP contribution in [-0.2, 0) is 11.3 Å². The van der Waals surface area contributed by atoms with Gasteiger partial charge in [0.1, 0.15) is 5.01 Å². The van der Waals surface area contributed by atoms with Gasteiger partial charge in [-0.1, -0.05) is 12.2 Å². The lowest BCUT2D eigenvalue weighted by atomic mass is 10.3. The van der Waals surface area contributed by atoms with Crippen molar-refractivity contribution in [2.24, 2.45) is 5.73 Å². The van der Waals surface area contributed by atoms with Crippen LogP contribution < -0.4 is 5.73 Å². The molecule has 17 heavy (non-hydrogen) atoms. The summed E-state index contributed by atoms with van der Waals surface area (Å²) < 4.78 is 5.10. The van der Waals surface area contributed by atoms with Crippen molar-refractivity contribution in [2.75, 3.05) is 26.8 Å². The third-order valence-electron chi connectivity index (χ3n) is 2.31. The molecule has 0 aliphatic carbocycles. The molecule has 96 valence electrons. The largest absolute Gasteiger partial charge is 0.393 e. The van der Waals surface area contributed by atoms with Gasteiger partial charge in [-0.15, -0.1) is 11.3 Å². The fourth-order valence-electron chi connectivity index (χ4n) is 1.43. The minimum atomic E-state index is 0.558. The predicted molar refractivity (Wildman–Crippen MR) is 75.4 cm³/mol. The molecule has 0 atom stereocenters. The molecule has 2 N–H and O–H groups in total. The molecule has 1 aromatic heterocycles. The van der Waals surface area contributed by atoms with Crippen molar-refractivity contribution in [2.45, 2.75) is 19.9 Å². The molecule has 4 nitrogen and oxygen atoms in total. The first-order valence-electron chi connectivity index (χ1n) is 5.52. The van der Waals surface area contributed by atoms with Gasteiger partial charge >= 0.3 is 0 Å². The molecule has 0 fully saturated rings. The molecule has 0 unspecified atom stereocenters. The number of nitrogens with zero attached hydrogens (tertiary/aromatic N) is 2. The van der Waals surface area contributed by atoms with Crippen LogP contribution in [0.2, 0.25) is 0 Å². The summed E-state index contributed by atoms with van der Waals surface area (Å²) in [4.78, 5) is 7.28. The zero-order chi connectivity index (χ0) is 12.7. The maximum atomic E-state index is 5.53. The summed E-state index contributed by atoms with van der Waals surface area (Å²) in [7, 11) is 1.71. The number of nitrogens with two attached hydrogens (primary N) is 1. The zero-order valence-electron chi connectivity index (χ0n) is 10.3. The SMILES string of the molecule is COCCN(CCC(N)=S)Cc1nc(C)cs1. The molecule has 1 rings (SSSR count). The maximum absolute atomic E-state index is 5.53. The molecule has 0 saturated heterocycles. The topological polar surface area (TPSA) is 51.4 Å². The van der Waals surface area contributed by atoms with Gasteiger partial charge in [0.2, 0.25) is 0 Å². The van der Waals surface area contributed by atoms with Crippen molar-refractivity contribution in [1.29, 1.82) is 0 Å². The highest BCUT2D eigenvalue weighted by Gasteiger charge is 2.08. The summed E-state index contributed by atoms with van der Waals surface area (Å²) in [6, 6.07) is 0. The lowest BCUT2D eigenvalue weighted by molar-refractivity contribution is 0.146. The number of aryl methyl sites for hydroxylation is 1. The number of hydrogen-bond donors (Lipinski definition) is 1. The molecule has 0 bridgehead atoms. The van der Waals surface area contributed by atoms with Gasteiger partial charge in [-0.2, -0.15) is 0 Å². The first-order chi connectivity index (χ1) is 8.11. The Labute approximate surface area is 112 Å². The highest BCUT2D eigenvalue weighted by Crippen LogP contribution is 2.11. The van der Waals surface area contributed by atoms with Crippen molar-refractivity contribution >= 4 is 28.5 Å². The lowest BCUT2D eigenvalue weighted by Gasteiger charge is -2.20. The first-order valence-corrected chi connectivity index (χ1v) is 6.81. The highest BCUT2D eigenvalue weighted by atomic mass is 32.1. The van der Waals surface area contributed by atoms with Gasteiger partial charge in [0.25, 0.3) is 0 Å². The van der Waals surface area contributed by atoms with Crippen LogP contribution in [0.1, 0.15) is 17.1 Å². The van der Waals surface area contributed by atoms with Crippen LogP contribution in [-0.4, -0.2) is 41.7 Å². The summed E-state index contributed by atoms with van der Waals surface area (Å²) in [5.41, 5.74) is 6.60. The maximum Gasteiger partial charge on any atom is 0.107 e. The molecule has 1 heterocycles. The van der Waals surface area contributed by atoms with E-state index in [1.165, 1.54) is 0 Å². The Hall–Kier alpha value is -0.560. The van der Waals surface area contributed by atoms with Crippen molar-refractivity contribution in [3.8, 4) is 0 Å². The molecule has 0 radical (unpaired) electrons. The second kappa shape index (κ2) is 7.71. The van der Waals surface area contributed by atoms with Crippen LogP contribution in [0.5, 0.6) is 0 Å². The minimum absolute atomic E-state index is 0.558. The van der Waals surface area contributed by atoms with Gasteiger partial charge in [-0.3, -0.25) is 4.90 Å². The zero-order valence-corrected chi connectivity index (χ0v) is 11.9. The van der Waals surface area contributed by atoms with E-state index in [4.69, 9.17) is 22.7 Å². The van der Waals surface area contributed by atoms with Crippen LogP contribution in [0.25, 0.3) is 0 Å². The fourth-order valence-corrected chi connectivity index (χ4v) is 2.33. The van der Waals surface area contributed by atoms with Gasteiger partial charge in [-0.05, 0) is 6.92 Å². The first kappa shape index (κ1) is 14.5. The minimum Gasteiger partial charge on any atom is -0.393 e. The van der Waals surface area contributed by atoms with Crippen LogP contribution >= 0.6 is 23.6 Å². The second-order valence-electron chi connectivity index (χ2n) is 3.87. The summed E-state index contributed by atoms with van der Waals surface area (Å²) >= 11 is 6.59. The van der Waals surface area contributed by atoms with Crippen LogP contribution in [0.4, 0.5) is 0 Å². The standard InChI is InChI=1S/C11H19N3OS2/c1-9-8-17-11(13-9)7-14(5-6-15-2)4-3-10(12)16/h8H,3-7H2,1-2H3,(H2,12,16). The molecule has 6 heteroatoms. The second-order valence-corrected chi connectivity index (χ2v) is 5.33. The summed E-state index contributed by atoms with van der Waals surface area (Å²) in [6.45, 7) is 5.29. The van der Waals surface area contributed by atoms with E-state index >= 15 is 0 Å². The monoisotopic (exact) mass is 273 g/mol. The quantitative estimate of drug-likeness (QED) is 0.729. The average Bonchev–Trinajstić information content (AvgIpc) is 2.68. The van der Waals surface area contributed by atoms with E-state index in [-0.39, 0.29) is 0 Å². The Kier molecular flexibility index (Phi) is 6.57. The number of thiazole rings is 1.